The highest BCUT2D eigenvalue weighted by molar-refractivity contribution is 6.01. The zero-order chi connectivity index (χ0) is 19.7. The fourth-order valence-electron chi connectivity index (χ4n) is 3.95. The summed E-state index contributed by atoms with van der Waals surface area (Å²) in [6.45, 7) is 8.93. The van der Waals surface area contributed by atoms with E-state index in [1.807, 2.05) is 38.1 Å². The molecule has 0 aliphatic carbocycles. The summed E-state index contributed by atoms with van der Waals surface area (Å²) < 4.78 is 0. The lowest BCUT2D eigenvalue weighted by molar-refractivity contribution is -0.143. The quantitative estimate of drug-likeness (QED) is 0.817. The number of Topliss-reactive ketones (excluding diaryl/α,β-unsaturated/α-hetero) is 1. The van der Waals surface area contributed by atoms with E-state index in [-0.39, 0.29) is 23.7 Å². The van der Waals surface area contributed by atoms with Gasteiger partial charge in [0.1, 0.15) is 23.6 Å². The maximum absolute atomic E-state index is 12.9. The molecule has 0 radical (unpaired) electrons. The van der Waals surface area contributed by atoms with Crippen molar-refractivity contribution in [1.29, 1.82) is 0 Å². The van der Waals surface area contributed by atoms with Crippen LogP contribution in [0.5, 0.6) is 0 Å². The lowest BCUT2D eigenvalue weighted by Gasteiger charge is -2.42. The normalized spacial score (nSPS) is 21.5. The average Bonchev–Trinajstić information content (AvgIpc) is 3.14. The number of likely N-dealkylation sites (tertiary alicyclic amines) is 1. The van der Waals surface area contributed by atoms with Crippen LogP contribution in [0.1, 0.15) is 34.1 Å². The molecule has 3 atom stereocenters. The van der Waals surface area contributed by atoms with Gasteiger partial charge in [-0.15, -0.1) is 0 Å². The third kappa shape index (κ3) is 3.68. The van der Waals surface area contributed by atoms with Crippen LogP contribution < -0.4 is 4.90 Å². The van der Waals surface area contributed by atoms with Crippen molar-refractivity contribution in [3.05, 3.63) is 18.6 Å². The number of piperidine rings is 1. The molecule has 1 amide bonds. The van der Waals surface area contributed by atoms with Crippen molar-refractivity contribution >= 4 is 28.5 Å². The van der Waals surface area contributed by atoms with Crippen molar-refractivity contribution in [3.63, 3.8) is 0 Å². The molecule has 3 heterocycles. The van der Waals surface area contributed by atoms with Crippen LogP contribution in [-0.4, -0.2) is 57.7 Å². The number of anilines is 1. The van der Waals surface area contributed by atoms with E-state index in [1.54, 1.807) is 13.3 Å². The second-order valence-corrected chi connectivity index (χ2v) is 7.94. The molecule has 1 saturated heterocycles. The Hall–Kier alpha value is -2.44. The van der Waals surface area contributed by atoms with Crippen LogP contribution in [0.3, 0.4) is 0 Å². The summed E-state index contributed by atoms with van der Waals surface area (Å²) in [5, 5.41) is 0.971. The molecule has 2 aromatic heterocycles. The molecule has 0 bridgehead atoms. The summed E-state index contributed by atoms with van der Waals surface area (Å²) in [6.07, 6.45) is 4.32. The van der Waals surface area contributed by atoms with Crippen LogP contribution in [0.2, 0.25) is 0 Å². The summed E-state index contributed by atoms with van der Waals surface area (Å²) in [7, 11) is 2.02. The number of amides is 1. The second-order valence-electron chi connectivity index (χ2n) is 7.94. The second kappa shape index (κ2) is 7.66. The van der Waals surface area contributed by atoms with Gasteiger partial charge in [-0.2, -0.15) is 0 Å². The van der Waals surface area contributed by atoms with Gasteiger partial charge in [0.05, 0.1) is 17.3 Å². The molecule has 0 spiro atoms. The number of carbonyl (C=O) groups is 2. The Morgan fingerprint density at radius 1 is 1.30 bits per heavy atom. The number of nitrogens with zero attached hydrogens (tertiary/aromatic N) is 4. The molecule has 3 rings (SSSR count). The van der Waals surface area contributed by atoms with Crippen molar-refractivity contribution in [1.82, 2.24) is 19.9 Å². The zero-order valence-corrected chi connectivity index (χ0v) is 16.8. The highest BCUT2D eigenvalue weighted by Crippen LogP contribution is 2.29. The number of H-pyrrole nitrogens is 1. The average molecular weight is 371 g/mol. The van der Waals surface area contributed by atoms with Gasteiger partial charge in [-0.1, -0.05) is 20.8 Å². The van der Waals surface area contributed by atoms with Crippen LogP contribution in [0.15, 0.2) is 18.6 Å². The van der Waals surface area contributed by atoms with Gasteiger partial charge in [0.25, 0.3) is 0 Å². The number of carbonyl (C=O) groups excluding carboxylic acids is 2. The molecule has 1 fully saturated rings. The fraction of sp³-hybridized carbons (Fsp3) is 0.600. The van der Waals surface area contributed by atoms with Gasteiger partial charge in [-0.25, -0.2) is 9.97 Å². The van der Waals surface area contributed by atoms with Crippen molar-refractivity contribution in [2.75, 3.05) is 25.0 Å². The third-order valence-corrected chi connectivity index (χ3v) is 5.76. The Kier molecular flexibility index (Phi) is 5.48. The van der Waals surface area contributed by atoms with E-state index >= 15 is 0 Å². The minimum Gasteiger partial charge on any atom is -0.354 e. The maximum Gasteiger partial charge on any atom is 0.232 e. The molecule has 2 aromatic rings. The number of aromatic nitrogens is 3. The van der Waals surface area contributed by atoms with Crippen LogP contribution in [-0.2, 0) is 9.59 Å². The number of hydrogen-bond donors (Lipinski definition) is 1. The molecule has 0 saturated carbocycles. The lowest BCUT2D eigenvalue weighted by atomic mass is 9.90. The van der Waals surface area contributed by atoms with Gasteiger partial charge >= 0.3 is 0 Å². The zero-order valence-electron chi connectivity index (χ0n) is 16.8. The van der Waals surface area contributed by atoms with Crippen molar-refractivity contribution in [3.8, 4) is 0 Å². The van der Waals surface area contributed by atoms with E-state index < -0.39 is 5.92 Å². The lowest BCUT2D eigenvalue weighted by Crippen LogP contribution is -2.54. The van der Waals surface area contributed by atoms with E-state index in [9.17, 15) is 9.59 Å². The third-order valence-electron chi connectivity index (χ3n) is 5.76. The molecule has 7 nitrogen and oxygen atoms in total. The molecule has 1 aliphatic heterocycles. The Bertz CT molecular complexity index is 831. The van der Waals surface area contributed by atoms with Gasteiger partial charge < -0.3 is 14.8 Å². The first-order chi connectivity index (χ1) is 12.8. The summed E-state index contributed by atoms with van der Waals surface area (Å²) in [6, 6.07) is 2.11. The summed E-state index contributed by atoms with van der Waals surface area (Å²) >= 11 is 0. The standard InChI is InChI=1S/C20H29N5O2/c1-12(2)17(26)14(4)20(27)25-9-7-13(3)16(10-25)24(5)19-15-6-8-21-18(15)22-11-23-19/h6,8,11-14,16H,7,9-10H2,1-5H3,(H,21,22,23)/t13-,14?,16+/m1/s1. The highest BCUT2D eigenvalue weighted by Gasteiger charge is 2.36. The van der Waals surface area contributed by atoms with E-state index in [1.165, 1.54) is 0 Å². The Balaban J connectivity index is 1.80. The fourth-order valence-corrected chi connectivity index (χ4v) is 3.95. The monoisotopic (exact) mass is 371 g/mol. The number of nitrogens with one attached hydrogen (secondary N) is 1. The van der Waals surface area contributed by atoms with Gasteiger partial charge in [0.15, 0.2) is 0 Å². The molecular formula is C20H29N5O2. The van der Waals surface area contributed by atoms with Gasteiger partial charge in [0.2, 0.25) is 5.91 Å². The van der Waals surface area contributed by atoms with E-state index in [0.717, 1.165) is 23.3 Å². The molecule has 1 N–H and O–H groups in total. The topological polar surface area (TPSA) is 82.2 Å². The van der Waals surface area contributed by atoms with Crippen molar-refractivity contribution < 1.29 is 9.59 Å². The number of aromatic amines is 1. The van der Waals surface area contributed by atoms with E-state index in [0.29, 0.717) is 19.0 Å². The summed E-state index contributed by atoms with van der Waals surface area (Å²) in [5.74, 6) is 0.508. The van der Waals surface area contributed by atoms with E-state index in [2.05, 4.69) is 26.8 Å². The predicted molar refractivity (Wildman–Crippen MR) is 105 cm³/mol. The number of fused-ring (bicyclic) bond motifs is 1. The Labute approximate surface area is 160 Å². The van der Waals surface area contributed by atoms with Crippen LogP contribution in [0, 0.1) is 17.8 Å². The molecule has 0 aromatic carbocycles. The van der Waals surface area contributed by atoms with Crippen LogP contribution >= 0.6 is 0 Å². The van der Waals surface area contributed by atoms with Gasteiger partial charge in [-0.05, 0) is 25.3 Å². The summed E-state index contributed by atoms with van der Waals surface area (Å²) in [4.78, 5) is 41.0. The van der Waals surface area contributed by atoms with Crippen LogP contribution in [0.25, 0.3) is 11.0 Å². The number of likely N-dealkylation sites (N-methyl/N-ethyl adjacent to an activating group) is 1. The van der Waals surface area contributed by atoms with Gasteiger partial charge in [-0.3, -0.25) is 9.59 Å². The first-order valence-electron chi connectivity index (χ1n) is 9.64. The maximum atomic E-state index is 12.9. The predicted octanol–water partition coefficient (Wildman–Crippen LogP) is 2.49. The van der Waals surface area contributed by atoms with Crippen LogP contribution in [0.4, 0.5) is 5.82 Å². The first-order valence-corrected chi connectivity index (χ1v) is 9.64. The number of hydrogen-bond acceptors (Lipinski definition) is 5. The Morgan fingerprint density at radius 2 is 2.04 bits per heavy atom. The molecule has 7 heteroatoms. The van der Waals surface area contributed by atoms with Crippen molar-refractivity contribution in [2.45, 2.75) is 40.2 Å². The van der Waals surface area contributed by atoms with Gasteiger partial charge in [0, 0.05) is 32.3 Å². The summed E-state index contributed by atoms with van der Waals surface area (Å²) in [5.41, 5.74) is 0.805. The SMILES string of the molecule is CC(C)C(=O)C(C)C(=O)N1CC[C@@H](C)[C@@H](N(C)c2ncnc3[nH]ccc23)C1. The largest absolute Gasteiger partial charge is 0.354 e. The molecule has 27 heavy (non-hydrogen) atoms. The first kappa shape index (κ1) is 19.3. The Morgan fingerprint density at radius 3 is 2.74 bits per heavy atom. The molecular weight excluding hydrogens is 342 g/mol. The van der Waals surface area contributed by atoms with E-state index in [4.69, 9.17) is 0 Å². The van der Waals surface area contributed by atoms with Crippen molar-refractivity contribution in [2.24, 2.45) is 17.8 Å². The highest BCUT2D eigenvalue weighted by atomic mass is 16.2. The number of ketones is 1. The molecule has 1 unspecified atom stereocenters. The molecule has 146 valence electrons. The smallest absolute Gasteiger partial charge is 0.232 e. The number of rotatable bonds is 5. The minimum atomic E-state index is -0.584. The minimum absolute atomic E-state index is 0.00774. The molecule has 1 aliphatic rings.